The van der Waals surface area contributed by atoms with Gasteiger partial charge in [-0.15, -0.1) is 0 Å². The maximum atomic E-state index is 13.0. The highest BCUT2D eigenvalue weighted by atomic mass is 32.2. The Kier molecular flexibility index (Phi) is 6.75. The summed E-state index contributed by atoms with van der Waals surface area (Å²) in [6.45, 7) is 4.25. The molecule has 1 aliphatic heterocycles. The van der Waals surface area contributed by atoms with E-state index in [-0.39, 0.29) is 23.9 Å². The van der Waals surface area contributed by atoms with Gasteiger partial charge >= 0.3 is 5.97 Å². The minimum absolute atomic E-state index is 0.107. The van der Waals surface area contributed by atoms with Gasteiger partial charge in [0, 0.05) is 6.54 Å². The van der Waals surface area contributed by atoms with Gasteiger partial charge in [-0.05, 0) is 51.0 Å². The van der Waals surface area contributed by atoms with Crippen LogP contribution in [-0.4, -0.2) is 48.0 Å². The molecular weight excluding hydrogens is 446 g/mol. The van der Waals surface area contributed by atoms with Gasteiger partial charge in [-0.25, -0.2) is 8.42 Å². The Hall–Kier alpha value is -3.24. The first-order valence-electron chi connectivity index (χ1n) is 10.7. The zero-order valence-electron chi connectivity index (χ0n) is 18.4. The van der Waals surface area contributed by atoms with E-state index in [0.717, 1.165) is 5.56 Å². The van der Waals surface area contributed by atoms with Gasteiger partial charge in [-0.3, -0.25) is 4.79 Å². The van der Waals surface area contributed by atoms with Crippen LogP contribution >= 0.6 is 0 Å². The summed E-state index contributed by atoms with van der Waals surface area (Å²) in [7, 11) is -3.81. The van der Waals surface area contributed by atoms with Gasteiger partial charge in [0.25, 0.3) is 5.89 Å². The van der Waals surface area contributed by atoms with Crippen LogP contribution in [0.3, 0.4) is 0 Å². The van der Waals surface area contributed by atoms with Crippen LogP contribution in [0.15, 0.2) is 57.9 Å². The lowest BCUT2D eigenvalue weighted by Crippen LogP contribution is -2.41. The van der Waals surface area contributed by atoms with Crippen molar-refractivity contribution in [2.24, 2.45) is 0 Å². The molecular formula is C23H25N3O6S. The number of ether oxygens (including phenoxy) is 2. The second-order valence-corrected chi connectivity index (χ2v) is 9.53. The fraction of sp³-hybridized carbons (Fsp3) is 0.348. The maximum Gasteiger partial charge on any atom is 0.324 e. The minimum Gasteiger partial charge on any atom is -0.493 e. The molecule has 1 atom stereocenters. The molecule has 0 N–H and O–H groups in total. The third-order valence-corrected chi connectivity index (χ3v) is 7.26. The number of hydrogen-bond donors (Lipinski definition) is 0. The Labute approximate surface area is 192 Å². The Balaban J connectivity index is 1.43. The Bertz CT molecular complexity index is 1220. The summed E-state index contributed by atoms with van der Waals surface area (Å²) in [6, 6.07) is 12.9. The quantitative estimate of drug-likeness (QED) is 0.460. The van der Waals surface area contributed by atoms with Gasteiger partial charge in [0.1, 0.15) is 11.8 Å². The van der Waals surface area contributed by atoms with E-state index in [0.29, 0.717) is 36.6 Å². The fourth-order valence-electron chi connectivity index (χ4n) is 3.69. The summed E-state index contributed by atoms with van der Waals surface area (Å²) in [6.07, 6.45) is 0.963. The summed E-state index contributed by atoms with van der Waals surface area (Å²) in [5, 5.41) is 3.94. The molecule has 4 rings (SSSR count). The van der Waals surface area contributed by atoms with E-state index in [4.69, 9.17) is 14.0 Å². The summed E-state index contributed by atoms with van der Waals surface area (Å²) in [5.41, 5.74) is 1.61. The molecule has 0 radical (unpaired) electrons. The molecule has 174 valence electrons. The molecule has 1 saturated heterocycles. The van der Waals surface area contributed by atoms with E-state index in [1.807, 2.05) is 26.0 Å². The number of benzene rings is 2. The van der Waals surface area contributed by atoms with Gasteiger partial charge in [-0.2, -0.15) is 9.29 Å². The molecule has 33 heavy (non-hydrogen) atoms. The molecule has 2 aromatic carbocycles. The van der Waals surface area contributed by atoms with Gasteiger partial charge in [0.05, 0.1) is 17.1 Å². The van der Waals surface area contributed by atoms with Crippen LogP contribution < -0.4 is 4.74 Å². The average molecular weight is 472 g/mol. The summed E-state index contributed by atoms with van der Waals surface area (Å²) >= 11 is 0. The largest absolute Gasteiger partial charge is 0.493 e. The van der Waals surface area contributed by atoms with Gasteiger partial charge in [0.15, 0.2) is 6.61 Å². The predicted octanol–water partition coefficient (Wildman–Crippen LogP) is 3.34. The number of carbonyl (C=O) groups excluding carboxylic acids is 1. The first-order chi connectivity index (χ1) is 15.9. The SMILES string of the molecule is CCOc1ccccc1-c1noc(COC(=O)[C@@H]2CCCN2S(=O)(=O)c2ccc(C)cc2)n1. The van der Waals surface area contributed by atoms with Crippen molar-refractivity contribution in [1.82, 2.24) is 14.4 Å². The van der Waals surface area contributed by atoms with Crippen LogP contribution in [0.5, 0.6) is 5.75 Å². The molecule has 9 nitrogen and oxygen atoms in total. The van der Waals surface area contributed by atoms with Gasteiger partial charge in [0.2, 0.25) is 15.8 Å². The minimum atomic E-state index is -3.81. The smallest absolute Gasteiger partial charge is 0.324 e. The number of rotatable bonds is 8. The predicted molar refractivity (Wildman–Crippen MR) is 119 cm³/mol. The van der Waals surface area contributed by atoms with Crippen molar-refractivity contribution in [3.05, 3.63) is 60.0 Å². The lowest BCUT2D eigenvalue weighted by molar-refractivity contribution is -0.149. The van der Waals surface area contributed by atoms with Crippen molar-refractivity contribution < 1.29 is 27.2 Å². The van der Waals surface area contributed by atoms with Crippen LogP contribution in [0.2, 0.25) is 0 Å². The number of aryl methyl sites for hydroxylation is 1. The van der Waals surface area contributed by atoms with E-state index >= 15 is 0 Å². The molecule has 10 heteroatoms. The fourth-order valence-corrected chi connectivity index (χ4v) is 5.34. The van der Waals surface area contributed by atoms with Crippen molar-refractivity contribution in [2.45, 2.75) is 44.2 Å². The van der Waals surface area contributed by atoms with Crippen molar-refractivity contribution in [3.8, 4) is 17.1 Å². The number of esters is 1. The average Bonchev–Trinajstić information content (AvgIpc) is 3.49. The van der Waals surface area contributed by atoms with Crippen LogP contribution in [0, 0.1) is 6.92 Å². The Morgan fingerprint density at radius 1 is 1.18 bits per heavy atom. The lowest BCUT2D eigenvalue weighted by atomic mass is 10.2. The summed E-state index contributed by atoms with van der Waals surface area (Å²) in [4.78, 5) is 17.2. The van der Waals surface area contributed by atoms with Crippen LogP contribution in [-0.2, 0) is 26.2 Å². The number of aromatic nitrogens is 2. The number of sulfonamides is 1. The molecule has 1 fully saturated rings. The third kappa shape index (κ3) is 4.91. The highest BCUT2D eigenvalue weighted by Gasteiger charge is 2.40. The molecule has 0 aliphatic carbocycles. The molecule has 1 aromatic heterocycles. The van der Waals surface area contributed by atoms with E-state index in [9.17, 15) is 13.2 Å². The molecule has 0 unspecified atom stereocenters. The summed E-state index contributed by atoms with van der Waals surface area (Å²) < 4.78 is 43.4. The molecule has 0 amide bonds. The van der Waals surface area contributed by atoms with Crippen molar-refractivity contribution >= 4 is 16.0 Å². The highest BCUT2D eigenvalue weighted by molar-refractivity contribution is 7.89. The molecule has 0 spiro atoms. The number of hydrogen-bond acceptors (Lipinski definition) is 8. The molecule has 2 heterocycles. The second-order valence-electron chi connectivity index (χ2n) is 7.64. The van der Waals surface area contributed by atoms with Crippen molar-refractivity contribution in [1.29, 1.82) is 0 Å². The number of para-hydroxylation sites is 1. The highest BCUT2D eigenvalue weighted by Crippen LogP contribution is 2.29. The zero-order valence-corrected chi connectivity index (χ0v) is 19.2. The van der Waals surface area contributed by atoms with E-state index in [1.54, 1.807) is 36.4 Å². The Morgan fingerprint density at radius 3 is 2.70 bits per heavy atom. The van der Waals surface area contributed by atoms with Crippen LogP contribution in [0.25, 0.3) is 11.4 Å². The molecule has 1 aliphatic rings. The third-order valence-electron chi connectivity index (χ3n) is 5.34. The Morgan fingerprint density at radius 2 is 1.94 bits per heavy atom. The summed E-state index contributed by atoms with van der Waals surface area (Å²) in [5.74, 6) is 0.398. The van der Waals surface area contributed by atoms with Crippen LogP contribution in [0.4, 0.5) is 0 Å². The zero-order chi connectivity index (χ0) is 23.4. The topological polar surface area (TPSA) is 112 Å². The second kappa shape index (κ2) is 9.72. The maximum absolute atomic E-state index is 13.0. The van der Waals surface area contributed by atoms with Gasteiger partial charge in [-0.1, -0.05) is 35.0 Å². The standard InChI is InChI=1S/C23H25N3O6S/c1-3-30-20-9-5-4-7-18(20)22-24-21(32-25-22)15-31-23(27)19-8-6-14-26(19)33(28,29)17-12-10-16(2)11-13-17/h4-5,7,9-13,19H,3,6,8,14-15H2,1-2H3/t19-/m0/s1. The van der Waals surface area contributed by atoms with Gasteiger partial charge < -0.3 is 14.0 Å². The van der Waals surface area contributed by atoms with E-state index < -0.39 is 22.0 Å². The monoisotopic (exact) mass is 471 g/mol. The molecule has 0 saturated carbocycles. The lowest BCUT2D eigenvalue weighted by Gasteiger charge is -2.22. The van der Waals surface area contributed by atoms with E-state index in [2.05, 4.69) is 10.1 Å². The first kappa shape index (κ1) is 22.9. The van der Waals surface area contributed by atoms with E-state index in [1.165, 1.54) is 4.31 Å². The number of nitrogens with zero attached hydrogens (tertiary/aromatic N) is 3. The first-order valence-corrected chi connectivity index (χ1v) is 12.1. The van der Waals surface area contributed by atoms with Crippen molar-refractivity contribution in [3.63, 3.8) is 0 Å². The van der Waals surface area contributed by atoms with Crippen LogP contribution in [0.1, 0.15) is 31.2 Å². The molecule has 3 aromatic rings. The van der Waals surface area contributed by atoms with Crippen molar-refractivity contribution in [2.75, 3.05) is 13.2 Å². The number of carbonyl (C=O) groups is 1. The normalized spacial score (nSPS) is 16.6. The molecule has 0 bridgehead atoms.